The number of methoxy groups -OCH3 is 1. The molecule has 4 heteroatoms. The van der Waals surface area contributed by atoms with E-state index in [-0.39, 0.29) is 5.78 Å². The Hall–Kier alpha value is -2.59. The smallest absolute Gasteiger partial charge is 0.165 e. The van der Waals surface area contributed by atoms with Crippen molar-refractivity contribution in [3.63, 3.8) is 0 Å². The van der Waals surface area contributed by atoms with E-state index in [1.165, 1.54) is 23.9 Å². The number of aromatic nitrogens is 1. The van der Waals surface area contributed by atoms with E-state index in [0.717, 1.165) is 62.1 Å². The number of aryl methyl sites for hydroxylation is 1. The van der Waals surface area contributed by atoms with E-state index >= 15 is 0 Å². The molecule has 1 aliphatic heterocycles. The number of carbonyl (C=O) groups excluding carboxylic acids is 1. The van der Waals surface area contributed by atoms with Gasteiger partial charge in [0.1, 0.15) is 5.75 Å². The fourth-order valence-electron chi connectivity index (χ4n) is 5.06. The number of ether oxygens (including phenoxy) is 1. The molecular formula is C28H36N2O2. The van der Waals surface area contributed by atoms with Gasteiger partial charge in [-0.1, -0.05) is 49.7 Å². The van der Waals surface area contributed by atoms with Gasteiger partial charge in [-0.15, -0.1) is 0 Å². The first kappa shape index (κ1) is 22.6. The Labute approximate surface area is 192 Å². The first-order chi connectivity index (χ1) is 15.7. The molecule has 0 aliphatic carbocycles. The average Bonchev–Trinajstić information content (AvgIpc) is 3.22. The number of ketones is 1. The van der Waals surface area contributed by atoms with Crippen LogP contribution < -0.4 is 4.74 Å². The maximum absolute atomic E-state index is 12.7. The summed E-state index contributed by atoms with van der Waals surface area (Å²) < 4.78 is 7.86. The maximum Gasteiger partial charge on any atom is 0.165 e. The van der Waals surface area contributed by atoms with Crippen LogP contribution in [0.5, 0.6) is 5.75 Å². The minimum Gasteiger partial charge on any atom is -0.496 e. The molecule has 32 heavy (non-hydrogen) atoms. The molecule has 1 saturated heterocycles. The van der Waals surface area contributed by atoms with Gasteiger partial charge < -0.3 is 14.2 Å². The molecule has 4 nitrogen and oxygen atoms in total. The maximum atomic E-state index is 12.7. The SMILES string of the molecule is CCCCC(=O)c1cn(CCCN2CCC(c3ccccc3OC)CC2)c2ccccc12. The fourth-order valence-corrected chi connectivity index (χ4v) is 5.06. The van der Waals surface area contributed by atoms with Crippen molar-refractivity contribution in [2.75, 3.05) is 26.7 Å². The molecule has 3 aromatic rings. The largest absolute Gasteiger partial charge is 0.496 e. The van der Waals surface area contributed by atoms with Crippen LogP contribution in [-0.4, -0.2) is 42.0 Å². The summed E-state index contributed by atoms with van der Waals surface area (Å²) in [6.07, 6.45) is 8.22. The summed E-state index contributed by atoms with van der Waals surface area (Å²) in [4.78, 5) is 15.3. The van der Waals surface area contributed by atoms with E-state index < -0.39 is 0 Å². The summed E-state index contributed by atoms with van der Waals surface area (Å²) in [5, 5.41) is 1.10. The number of carbonyl (C=O) groups is 1. The number of hydrogen-bond donors (Lipinski definition) is 0. The molecule has 0 radical (unpaired) electrons. The van der Waals surface area contributed by atoms with Gasteiger partial charge in [0.15, 0.2) is 5.78 Å². The van der Waals surface area contributed by atoms with Crippen LogP contribution in [0.15, 0.2) is 54.7 Å². The van der Waals surface area contributed by atoms with Crippen molar-refractivity contribution in [3.8, 4) is 5.75 Å². The lowest BCUT2D eigenvalue weighted by atomic mass is 9.89. The van der Waals surface area contributed by atoms with Crippen molar-refractivity contribution in [1.82, 2.24) is 9.47 Å². The lowest BCUT2D eigenvalue weighted by molar-refractivity contribution is 0.0981. The molecule has 0 N–H and O–H groups in total. The second-order valence-corrected chi connectivity index (χ2v) is 8.99. The van der Waals surface area contributed by atoms with Crippen LogP contribution in [-0.2, 0) is 6.54 Å². The quantitative estimate of drug-likeness (QED) is 0.353. The Kier molecular flexibility index (Phi) is 7.64. The van der Waals surface area contributed by atoms with E-state index in [1.807, 2.05) is 12.1 Å². The van der Waals surface area contributed by atoms with Crippen molar-refractivity contribution in [2.45, 2.75) is 57.9 Å². The summed E-state index contributed by atoms with van der Waals surface area (Å²) in [5.41, 5.74) is 3.43. The van der Waals surface area contributed by atoms with Gasteiger partial charge in [0, 0.05) is 35.6 Å². The van der Waals surface area contributed by atoms with Gasteiger partial charge >= 0.3 is 0 Å². The molecule has 1 aliphatic rings. The predicted molar refractivity (Wildman–Crippen MR) is 132 cm³/mol. The second-order valence-electron chi connectivity index (χ2n) is 8.99. The molecule has 1 aromatic heterocycles. The van der Waals surface area contributed by atoms with Crippen molar-refractivity contribution in [3.05, 3.63) is 65.9 Å². The molecule has 4 rings (SSSR count). The third-order valence-electron chi connectivity index (χ3n) is 6.89. The minimum absolute atomic E-state index is 0.278. The molecule has 0 amide bonds. The highest BCUT2D eigenvalue weighted by Crippen LogP contribution is 2.34. The molecule has 170 valence electrons. The number of fused-ring (bicyclic) bond motifs is 1. The van der Waals surface area contributed by atoms with Gasteiger partial charge in [0.2, 0.25) is 0 Å². The molecule has 0 unspecified atom stereocenters. The number of Topliss-reactive ketones (excluding diaryl/α,β-unsaturated/α-hetero) is 1. The fraction of sp³-hybridized carbons (Fsp3) is 0.464. The predicted octanol–water partition coefficient (Wildman–Crippen LogP) is 6.29. The highest BCUT2D eigenvalue weighted by molar-refractivity contribution is 6.08. The van der Waals surface area contributed by atoms with E-state index in [1.54, 1.807) is 7.11 Å². The number of rotatable bonds is 10. The zero-order valence-corrected chi connectivity index (χ0v) is 19.6. The topological polar surface area (TPSA) is 34.5 Å². The second kappa shape index (κ2) is 10.8. The Morgan fingerprint density at radius 3 is 2.53 bits per heavy atom. The highest BCUT2D eigenvalue weighted by atomic mass is 16.5. The van der Waals surface area contributed by atoms with Crippen LogP contribution in [0.1, 0.15) is 67.3 Å². The van der Waals surface area contributed by atoms with Crippen LogP contribution in [0.25, 0.3) is 10.9 Å². The van der Waals surface area contributed by atoms with Gasteiger partial charge in [0.05, 0.1) is 7.11 Å². The van der Waals surface area contributed by atoms with Gasteiger partial charge in [-0.3, -0.25) is 4.79 Å². The minimum atomic E-state index is 0.278. The third-order valence-corrected chi connectivity index (χ3v) is 6.89. The number of likely N-dealkylation sites (tertiary alicyclic amines) is 1. The number of para-hydroxylation sites is 2. The molecule has 0 spiro atoms. The summed E-state index contributed by atoms with van der Waals surface area (Å²) in [6, 6.07) is 16.8. The van der Waals surface area contributed by atoms with Crippen LogP contribution in [0, 0.1) is 0 Å². The Balaban J connectivity index is 1.33. The van der Waals surface area contributed by atoms with Gasteiger partial charge in [-0.2, -0.15) is 0 Å². The Bertz CT molecular complexity index is 1030. The monoisotopic (exact) mass is 432 g/mol. The zero-order chi connectivity index (χ0) is 22.3. The van der Waals surface area contributed by atoms with Gasteiger partial charge in [0.25, 0.3) is 0 Å². The Morgan fingerprint density at radius 2 is 1.75 bits per heavy atom. The van der Waals surface area contributed by atoms with E-state index in [9.17, 15) is 4.79 Å². The summed E-state index contributed by atoms with van der Waals surface area (Å²) in [7, 11) is 1.77. The number of piperidine rings is 1. The molecule has 0 saturated carbocycles. The summed E-state index contributed by atoms with van der Waals surface area (Å²) >= 11 is 0. The molecule has 2 aromatic carbocycles. The van der Waals surface area contributed by atoms with E-state index in [4.69, 9.17) is 4.74 Å². The van der Waals surface area contributed by atoms with Crippen LogP contribution in [0.3, 0.4) is 0 Å². The first-order valence-electron chi connectivity index (χ1n) is 12.2. The molecular weight excluding hydrogens is 396 g/mol. The van der Waals surface area contributed by atoms with Crippen LogP contribution in [0.4, 0.5) is 0 Å². The Morgan fingerprint density at radius 1 is 1.00 bits per heavy atom. The molecule has 2 heterocycles. The van der Waals surface area contributed by atoms with Gasteiger partial charge in [-0.25, -0.2) is 0 Å². The van der Waals surface area contributed by atoms with Crippen molar-refractivity contribution in [1.29, 1.82) is 0 Å². The van der Waals surface area contributed by atoms with Gasteiger partial charge in [-0.05, 0) is 68.9 Å². The lowest BCUT2D eigenvalue weighted by Crippen LogP contribution is -2.34. The average molecular weight is 433 g/mol. The summed E-state index contributed by atoms with van der Waals surface area (Å²) in [5.74, 6) is 1.89. The number of benzene rings is 2. The molecule has 0 bridgehead atoms. The lowest BCUT2D eigenvalue weighted by Gasteiger charge is -2.32. The number of nitrogens with zero attached hydrogens (tertiary/aromatic N) is 2. The third kappa shape index (κ3) is 5.07. The normalized spacial score (nSPS) is 15.3. The highest BCUT2D eigenvalue weighted by Gasteiger charge is 2.22. The van der Waals surface area contributed by atoms with E-state index in [0.29, 0.717) is 12.3 Å². The van der Waals surface area contributed by atoms with Crippen molar-refractivity contribution in [2.24, 2.45) is 0 Å². The number of hydrogen-bond acceptors (Lipinski definition) is 3. The standard InChI is InChI=1S/C28H36N2O2/c1-3-4-13-27(31)25-21-30(26-12-7-5-11-24(25)26)18-9-17-29-19-15-22(16-20-29)23-10-6-8-14-28(23)32-2/h5-8,10-12,14,21-22H,3-4,9,13,15-20H2,1-2H3. The van der Waals surface area contributed by atoms with Crippen molar-refractivity contribution < 1.29 is 9.53 Å². The van der Waals surface area contributed by atoms with Crippen LogP contribution >= 0.6 is 0 Å². The van der Waals surface area contributed by atoms with E-state index in [2.05, 4.69) is 59.0 Å². The molecule has 0 atom stereocenters. The zero-order valence-electron chi connectivity index (χ0n) is 19.6. The number of unbranched alkanes of at least 4 members (excludes halogenated alkanes) is 1. The molecule has 1 fully saturated rings. The van der Waals surface area contributed by atoms with Crippen LogP contribution in [0.2, 0.25) is 0 Å². The summed E-state index contributed by atoms with van der Waals surface area (Å²) in [6.45, 7) is 6.46. The first-order valence-corrected chi connectivity index (χ1v) is 12.2. The van der Waals surface area contributed by atoms with Crippen molar-refractivity contribution >= 4 is 16.7 Å².